The highest BCUT2D eigenvalue weighted by atomic mass is 19.1. The Morgan fingerprint density at radius 1 is 1.15 bits per heavy atom. The number of carbonyl (C=O) groups is 1. The number of nitrogen functional groups attached to an aromatic ring is 1. The molecule has 0 spiro atoms. The van der Waals surface area contributed by atoms with E-state index in [1.165, 1.54) is 12.1 Å². The first-order valence-corrected chi connectivity index (χ1v) is 6.51. The molecule has 0 radical (unpaired) electrons. The first-order valence-electron chi connectivity index (χ1n) is 6.51. The second kappa shape index (κ2) is 4.96. The van der Waals surface area contributed by atoms with Crippen LogP contribution in [0.4, 0.5) is 10.1 Å². The van der Waals surface area contributed by atoms with Gasteiger partial charge in [-0.3, -0.25) is 4.79 Å². The Kier molecular flexibility index (Phi) is 3.14. The van der Waals surface area contributed by atoms with Crippen molar-refractivity contribution in [2.45, 2.75) is 19.5 Å². The van der Waals surface area contributed by atoms with E-state index in [2.05, 4.69) is 0 Å². The van der Waals surface area contributed by atoms with Crippen LogP contribution in [0.2, 0.25) is 0 Å². The molecule has 0 bridgehead atoms. The lowest BCUT2D eigenvalue weighted by Gasteiger charge is -2.15. The number of rotatable bonds is 2. The van der Waals surface area contributed by atoms with E-state index >= 15 is 0 Å². The van der Waals surface area contributed by atoms with Crippen molar-refractivity contribution in [2.24, 2.45) is 0 Å². The monoisotopic (exact) mass is 270 g/mol. The highest BCUT2D eigenvalue weighted by Gasteiger charge is 2.23. The van der Waals surface area contributed by atoms with Crippen LogP contribution in [0.3, 0.4) is 0 Å². The van der Waals surface area contributed by atoms with Crippen LogP contribution in [0.1, 0.15) is 16.7 Å². The van der Waals surface area contributed by atoms with Crippen molar-refractivity contribution < 1.29 is 9.18 Å². The number of anilines is 1. The maximum absolute atomic E-state index is 13.1. The largest absolute Gasteiger partial charge is 0.399 e. The van der Waals surface area contributed by atoms with E-state index in [1.807, 2.05) is 18.2 Å². The zero-order valence-electron chi connectivity index (χ0n) is 11.0. The summed E-state index contributed by atoms with van der Waals surface area (Å²) in [6.45, 7) is 1.18. The van der Waals surface area contributed by atoms with E-state index in [4.69, 9.17) is 5.73 Å². The standard InChI is InChI=1S/C16H15FN2O/c17-14-3-1-2-11(6-14)7-16(20)19-9-12-4-5-15(18)8-13(12)10-19/h1-6,8H,7,9-10,18H2. The minimum absolute atomic E-state index is 0.00497. The third-order valence-corrected chi connectivity index (χ3v) is 3.55. The molecule has 1 aliphatic rings. The molecule has 0 saturated heterocycles. The third-order valence-electron chi connectivity index (χ3n) is 3.55. The summed E-state index contributed by atoms with van der Waals surface area (Å²) in [5.41, 5.74) is 9.38. The van der Waals surface area contributed by atoms with Gasteiger partial charge in [0.1, 0.15) is 5.82 Å². The lowest BCUT2D eigenvalue weighted by molar-refractivity contribution is -0.131. The van der Waals surface area contributed by atoms with Crippen LogP contribution < -0.4 is 5.73 Å². The van der Waals surface area contributed by atoms with Gasteiger partial charge in [0, 0.05) is 18.8 Å². The molecule has 0 atom stereocenters. The summed E-state index contributed by atoms with van der Waals surface area (Å²) in [5.74, 6) is -0.307. The summed E-state index contributed by atoms with van der Waals surface area (Å²) in [6.07, 6.45) is 0.223. The average molecular weight is 270 g/mol. The molecule has 0 saturated carbocycles. The van der Waals surface area contributed by atoms with Gasteiger partial charge in [0.25, 0.3) is 0 Å². The number of benzene rings is 2. The predicted octanol–water partition coefficient (Wildman–Crippen LogP) is 2.49. The third kappa shape index (κ3) is 2.50. The van der Waals surface area contributed by atoms with Gasteiger partial charge >= 0.3 is 0 Å². The van der Waals surface area contributed by atoms with Crippen molar-refractivity contribution in [3.8, 4) is 0 Å². The molecule has 102 valence electrons. The van der Waals surface area contributed by atoms with Crippen molar-refractivity contribution in [2.75, 3.05) is 5.73 Å². The van der Waals surface area contributed by atoms with Gasteiger partial charge in [-0.15, -0.1) is 0 Å². The van der Waals surface area contributed by atoms with E-state index in [1.54, 1.807) is 17.0 Å². The summed E-state index contributed by atoms with van der Waals surface area (Å²) in [6, 6.07) is 11.9. The van der Waals surface area contributed by atoms with Crippen molar-refractivity contribution in [1.82, 2.24) is 4.90 Å². The topological polar surface area (TPSA) is 46.3 Å². The Labute approximate surface area is 116 Å². The second-order valence-electron chi connectivity index (χ2n) is 5.08. The molecule has 0 aliphatic carbocycles. The summed E-state index contributed by atoms with van der Waals surface area (Å²) in [7, 11) is 0. The highest BCUT2D eigenvalue weighted by Crippen LogP contribution is 2.25. The van der Waals surface area contributed by atoms with Gasteiger partial charge < -0.3 is 10.6 Å². The van der Waals surface area contributed by atoms with Crippen molar-refractivity contribution >= 4 is 11.6 Å². The minimum Gasteiger partial charge on any atom is -0.399 e. The molecule has 0 fully saturated rings. The van der Waals surface area contributed by atoms with Gasteiger partial charge in [0.15, 0.2) is 0 Å². The van der Waals surface area contributed by atoms with Crippen LogP contribution in [-0.2, 0) is 24.3 Å². The molecule has 3 nitrogen and oxygen atoms in total. The number of halogens is 1. The average Bonchev–Trinajstić information content (AvgIpc) is 2.81. The van der Waals surface area contributed by atoms with Crippen LogP contribution in [0.15, 0.2) is 42.5 Å². The fourth-order valence-corrected chi connectivity index (χ4v) is 2.52. The van der Waals surface area contributed by atoms with Gasteiger partial charge in [-0.1, -0.05) is 18.2 Å². The molecule has 4 heteroatoms. The van der Waals surface area contributed by atoms with E-state index in [9.17, 15) is 9.18 Å². The van der Waals surface area contributed by atoms with Crippen LogP contribution in [0, 0.1) is 5.82 Å². The smallest absolute Gasteiger partial charge is 0.227 e. The Bertz CT molecular complexity index is 669. The molecule has 1 aliphatic heterocycles. The molecule has 20 heavy (non-hydrogen) atoms. The van der Waals surface area contributed by atoms with E-state index in [0.29, 0.717) is 24.3 Å². The SMILES string of the molecule is Nc1ccc2c(c1)CN(C(=O)Cc1cccc(F)c1)C2. The van der Waals surface area contributed by atoms with Crippen molar-refractivity contribution in [3.63, 3.8) is 0 Å². The molecule has 1 heterocycles. The molecule has 2 aromatic rings. The van der Waals surface area contributed by atoms with Crippen LogP contribution in [-0.4, -0.2) is 10.8 Å². The fraction of sp³-hybridized carbons (Fsp3) is 0.188. The van der Waals surface area contributed by atoms with Crippen LogP contribution >= 0.6 is 0 Å². The molecule has 3 rings (SSSR count). The lowest BCUT2D eigenvalue weighted by Crippen LogP contribution is -2.26. The molecule has 2 N–H and O–H groups in total. The van der Waals surface area contributed by atoms with Crippen molar-refractivity contribution in [1.29, 1.82) is 0 Å². The number of amides is 1. The molecular weight excluding hydrogens is 255 g/mol. The van der Waals surface area contributed by atoms with E-state index in [0.717, 1.165) is 11.1 Å². The maximum atomic E-state index is 13.1. The summed E-state index contributed by atoms with van der Waals surface area (Å²) >= 11 is 0. The molecule has 0 aromatic heterocycles. The van der Waals surface area contributed by atoms with E-state index in [-0.39, 0.29) is 18.1 Å². The first kappa shape index (κ1) is 12.7. The molecule has 0 unspecified atom stereocenters. The Balaban J connectivity index is 1.71. The Morgan fingerprint density at radius 3 is 2.75 bits per heavy atom. The maximum Gasteiger partial charge on any atom is 0.227 e. The summed E-state index contributed by atoms with van der Waals surface area (Å²) < 4.78 is 13.1. The quantitative estimate of drug-likeness (QED) is 0.852. The van der Waals surface area contributed by atoms with Crippen LogP contribution in [0.5, 0.6) is 0 Å². The first-order chi connectivity index (χ1) is 9.61. The second-order valence-corrected chi connectivity index (χ2v) is 5.08. The Hall–Kier alpha value is -2.36. The minimum atomic E-state index is -0.312. The van der Waals surface area contributed by atoms with Crippen molar-refractivity contribution in [3.05, 3.63) is 65.0 Å². The Morgan fingerprint density at radius 2 is 1.95 bits per heavy atom. The number of fused-ring (bicyclic) bond motifs is 1. The highest BCUT2D eigenvalue weighted by molar-refractivity contribution is 5.79. The number of carbonyl (C=O) groups excluding carboxylic acids is 1. The number of nitrogens with two attached hydrogens (primary N) is 1. The summed E-state index contributed by atoms with van der Waals surface area (Å²) in [4.78, 5) is 14.0. The summed E-state index contributed by atoms with van der Waals surface area (Å²) in [5, 5.41) is 0. The molecule has 1 amide bonds. The normalized spacial score (nSPS) is 13.3. The van der Waals surface area contributed by atoms with Crippen LogP contribution in [0.25, 0.3) is 0 Å². The molecular formula is C16H15FN2O. The number of hydrogen-bond donors (Lipinski definition) is 1. The predicted molar refractivity (Wildman–Crippen MR) is 75.2 cm³/mol. The van der Waals surface area contributed by atoms with Gasteiger partial charge in [-0.25, -0.2) is 4.39 Å². The fourth-order valence-electron chi connectivity index (χ4n) is 2.52. The van der Waals surface area contributed by atoms with Gasteiger partial charge in [0.05, 0.1) is 6.42 Å². The molecule has 2 aromatic carbocycles. The van der Waals surface area contributed by atoms with Gasteiger partial charge in [-0.05, 0) is 41.0 Å². The lowest BCUT2D eigenvalue weighted by atomic mass is 10.1. The number of hydrogen-bond acceptors (Lipinski definition) is 2. The number of nitrogens with zero attached hydrogens (tertiary/aromatic N) is 1. The van der Waals surface area contributed by atoms with Gasteiger partial charge in [0.2, 0.25) is 5.91 Å². The van der Waals surface area contributed by atoms with Gasteiger partial charge in [-0.2, -0.15) is 0 Å². The zero-order valence-corrected chi connectivity index (χ0v) is 11.0. The van der Waals surface area contributed by atoms with E-state index < -0.39 is 0 Å². The zero-order chi connectivity index (χ0) is 14.1.